The molecule has 0 saturated carbocycles. The first-order valence-electron chi connectivity index (χ1n) is 16.8. The highest BCUT2D eigenvalue weighted by Gasteiger charge is 2.32. The van der Waals surface area contributed by atoms with Crippen LogP contribution in [0.1, 0.15) is 84.4 Å². The van der Waals surface area contributed by atoms with Gasteiger partial charge in [-0.1, -0.05) is 61.4 Å². The molecule has 6 N–H and O–H groups in total. The third-order valence-electron chi connectivity index (χ3n) is 8.39. The first-order valence-corrected chi connectivity index (χ1v) is 17.8. The summed E-state index contributed by atoms with van der Waals surface area (Å²) in [6.07, 6.45) is 3.36. The molecule has 5 rings (SSSR count). The van der Waals surface area contributed by atoms with Crippen LogP contribution in [0.5, 0.6) is 0 Å². The van der Waals surface area contributed by atoms with E-state index in [9.17, 15) is 24.6 Å². The number of carbonyl (C=O) groups is 3. The standard InChI is InChI=1S/C39H43N3O7S/c40-33-10-5-6-11-34(33)42-37(45)13-4-2-1-3-12-36(44)41-30-9-7-8-29(22-30)39-48-31(25-50-32-20-18-28(19-21-32)38(46)47)23-35(49-39)27-16-14-26(24-43)15-17-27/h5-11,14-22,31,35,39,43H,1-4,12-13,23-25,40H2,(H,41,44)(H,42,45)(H,46,47). The predicted octanol–water partition coefficient (Wildman–Crippen LogP) is 7.71. The number of carboxylic acid groups (broad SMARTS) is 1. The van der Waals surface area contributed by atoms with Gasteiger partial charge in [-0.25, -0.2) is 4.79 Å². The van der Waals surface area contributed by atoms with Crippen molar-refractivity contribution in [3.8, 4) is 0 Å². The molecule has 2 amide bonds. The molecule has 0 spiro atoms. The summed E-state index contributed by atoms with van der Waals surface area (Å²) in [4.78, 5) is 37.2. The molecule has 3 unspecified atom stereocenters. The van der Waals surface area contributed by atoms with Gasteiger partial charge in [0.15, 0.2) is 6.29 Å². The van der Waals surface area contributed by atoms with Crippen molar-refractivity contribution in [2.75, 3.05) is 22.1 Å². The lowest BCUT2D eigenvalue weighted by Crippen LogP contribution is -2.31. The zero-order valence-electron chi connectivity index (χ0n) is 27.8. The zero-order valence-corrected chi connectivity index (χ0v) is 28.6. The fraction of sp³-hybridized carbons (Fsp3) is 0.308. The summed E-state index contributed by atoms with van der Waals surface area (Å²) < 4.78 is 12.9. The summed E-state index contributed by atoms with van der Waals surface area (Å²) >= 11 is 1.59. The van der Waals surface area contributed by atoms with Crippen LogP contribution in [-0.4, -0.2) is 39.9 Å². The van der Waals surface area contributed by atoms with Gasteiger partial charge in [-0.05, 0) is 72.5 Å². The van der Waals surface area contributed by atoms with E-state index in [2.05, 4.69) is 10.6 Å². The van der Waals surface area contributed by atoms with E-state index in [-0.39, 0.29) is 36.2 Å². The summed E-state index contributed by atoms with van der Waals surface area (Å²) in [6.45, 7) is -0.0415. The number of carboxylic acids is 1. The van der Waals surface area contributed by atoms with Crippen LogP contribution in [0.4, 0.5) is 17.1 Å². The fourth-order valence-electron chi connectivity index (χ4n) is 5.64. The first kappa shape index (κ1) is 36.6. The second-order valence-corrected chi connectivity index (χ2v) is 13.3. The van der Waals surface area contributed by atoms with Gasteiger partial charge in [0, 0.05) is 41.2 Å². The van der Waals surface area contributed by atoms with Crippen molar-refractivity contribution in [2.24, 2.45) is 0 Å². The summed E-state index contributed by atoms with van der Waals surface area (Å²) in [7, 11) is 0. The van der Waals surface area contributed by atoms with Crippen LogP contribution >= 0.6 is 11.8 Å². The Balaban J connectivity index is 1.13. The second-order valence-electron chi connectivity index (χ2n) is 12.2. The molecule has 1 aliphatic heterocycles. The predicted molar refractivity (Wildman–Crippen MR) is 195 cm³/mol. The van der Waals surface area contributed by atoms with Crippen LogP contribution in [0.25, 0.3) is 0 Å². The number of benzene rings is 4. The van der Waals surface area contributed by atoms with Gasteiger partial charge in [0.05, 0.1) is 35.8 Å². The lowest BCUT2D eigenvalue weighted by molar-refractivity contribution is -0.245. The number of unbranched alkanes of at least 4 members (excludes halogenated alkanes) is 3. The lowest BCUT2D eigenvalue weighted by Gasteiger charge is -2.36. The van der Waals surface area contributed by atoms with Gasteiger partial charge in [-0.2, -0.15) is 0 Å². The van der Waals surface area contributed by atoms with Crippen molar-refractivity contribution < 1.29 is 34.1 Å². The van der Waals surface area contributed by atoms with Crippen LogP contribution < -0.4 is 16.4 Å². The summed E-state index contributed by atoms with van der Waals surface area (Å²) in [5.74, 6) is -0.500. The second kappa shape index (κ2) is 18.4. The average Bonchev–Trinajstić information content (AvgIpc) is 3.13. The van der Waals surface area contributed by atoms with Crippen molar-refractivity contribution in [1.82, 2.24) is 0 Å². The number of aliphatic hydroxyl groups excluding tert-OH is 1. The molecule has 0 bridgehead atoms. The van der Waals surface area contributed by atoms with E-state index in [4.69, 9.17) is 15.2 Å². The van der Waals surface area contributed by atoms with E-state index in [1.165, 1.54) is 0 Å². The minimum absolute atomic E-state index is 0.0415. The Bertz CT molecular complexity index is 1730. The van der Waals surface area contributed by atoms with Gasteiger partial charge in [0.1, 0.15) is 0 Å². The van der Waals surface area contributed by atoms with E-state index < -0.39 is 12.3 Å². The highest BCUT2D eigenvalue weighted by molar-refractivity contribution is 7.99. The molecule has 0 aromatic heterocycles. The zero-order chi connectivity index (χ0) is 35.3. The smallest absolute Gasteiger partial charge is 0.335 e. The number of aliphatic hydroxyl groups is 1. The number of ether oxygens (including phenoxy) is 2. The SMILES string of the molecule is Nc1ccccc1NC(=O)CCCCCCC(=O)Nc1cccc(C2OC(CSc3ccc(C(=O)O)cc3)CC(c3ccc(CO)cc3)O2)c1. The third kappa shape index (κ3) is 10.9. The number of thioether (sulfide) groups is 1. The Hall–Kier alpha value is -4.68. The number of anilines is 3. The Kier molecular flexibility index (Phi) is 13.4. The molecular weight excluding hydrogens is 655 g/mol. The quantitative estimate of drug-likeness (QED) is 0.0449. The maximum atomic E-state index is 12.8. The number of nitrogen functional groups attached to an aromatic ring is 1. The largest absolute Gasteiger partial charge is 0.478 e. The van der Waals surface area contributed by atoms with Gasteiger partial charge in [0.2, 0.25) is 11.8 Å². The molecule has 11 heteroatoms. The highest BCUT2D eigenvalue weighted by atomic mass is 32.2. The minimum atomic E-state index is -0.963. The minimum Gasteiger partial charge on any atom is -0.478 e. The number of hydrogen-bond acceptors (Lipinski definition) is 8. The number of hydrogen-bond donors (Lipinski definition) is 5. The summed E-state index contributed by atoms with van der Waals surface area (Å²) in [5, 5.41) is 24.5. The molecule has 10 nitrogen and oxygen atoms in total. The molecule has 1 fully saturated rings. The Morgan fingerprint density at radius 1 is 0.780 bits per heavy atom. The van der Waals surface area contributed by atoms with Crippen molar-refractivity contribution in [1.29, 1.82) is 0 Å². The average molecular weight is 698 g/mol. The Labute approximate surface area is 296 Å². The molecule has 3 atom stereocenters. The molecule has 0 aliphatic carbocycles. The molecule has 4 aromatic rings. The number of para-hydroxylation sites is 2. The van der Waals surface area contributed by atoms with Crippen LogP contribution in [0.3, 0.4) is 0 Å². The van der Waals surface area contributed by atoms with E-state index in [1.807, 2.05) is 60.7 Å². The number of carbonyl (C=O) groups excluding carboxylic acids is 2. The maximum absolute atomic E-state index is 12.8. The van der Waals surface area contributed by atoms with Crippen molar-refractivity contribution >= 4 is 46.6 Å². The van der Waals surface area contributed by atoms with Crippen molar-refractivity contribution in [3.63, 3.8) is 0 Å². The molecule has 1 heterocycles. The topological polar surface area (TPSA) is 160 Å². The highest BCUT2D eigenvalue weighted by Crippen LogP contribution is 2.40. The van der Waals surface area contributed by atoms with Gasteiger partial charge in [-0.3, -0.25) is 9.59 Å². The molecule has 0 radical (unpaired) electrons. The number of rotatable bonds is 16. The summed E-state index contributed by atoms with van der Waals surface area (Å²) in [6, 6.07) is 29.1. The van der Waals surface area contributed by atoms with Gasteiger partial charge < -0.3 is 36.1 Å². The molecule has 50 heavy (non-hydrogen) atoms. The number of aromatic carboxylic acids is 1. The normalized spacial score (nSPS) is 17.2. The lowest BCUT2D eigenvalue weighted by atomic mass is 10.0. The maximum Gasteiger partial charge on any atom is 0.335 e. The van der Waals surface area contributed by atoms with Crippen LogP contribution in [0.15, 0.2) is 102 Å². The van der Waals surface area contributed by atoms with Crippen LogP contribution in [0, 0.1) is 0 Å². The number of amides is 2. The van der Waals surface area contributed by atoms with Crippen LogP contribution in [-0.2, 0) is 25.7 Å². The Morgan fingerprint density at radius 3 is 2.16 bits per heavy atom. The number of nitrogens with one attached hydrogen (secondary N) is 2. The van der Waals surface area contributed by atoms with Crippen LogP contribution in [0.2, 0.25) is 0 Å². The molecule has 1 aliphatic rings. The molecular formula is C39H43N3O7S. The first-order chi connectivity index (χ1) is 24.3. The van der Waals surface area contributed by atoms with E-state index in [0.717, 1.165) is 40.8 Å². The molecule has 1 saturated heterocycles. The van der Waals surface area contributed by atoms with E-state index in [1.54, 1.807) is 48.2 Å². The Morgan fingerprint density at radius 2 is 1.48 bits per heavy atom. The van der Waals surface area contributed by atoms with Gasteiger partial charge in [0.25, 0.3) is 0 Å². The van der Waals surface area contributed by atoms with Gasteiger partial charge in [-0.15, -0.1) is 11.8 Å². The van der Waals surface area contributed by atoms with Crippen molar-refractivity contribution in [2.45, 2.75) is 74.9 Å². The van der Waals surface area contributed by atoms with E-state index in [0.29, 0.717) is 48.5 Å². The molecule has 262 valence electrons. The molecule has 4 aromatic carbocycles. The third-order valence-corrected chi connectivity index (χ3v) is 9.53. The monoisotopic (exact) mass is 697 g/mol. The van der Waals surface area contributed by atoms with Crippen molar-refractivity contribution in [3.05, 3.63) is 119 Å². The summed E-state index contributed by atoms with van der Waals surface area (Å²) in [5.41, 5.74) is 10.5. The van der Waals surface area contributed by atoms with Gasteiger partial charge >= 0.3 is 5.97 Å². The van der Waals surface area contributed by atoms with E-state index >= 15 is 0 Å². The fourth-order valence-corrected chi connectivity index (χ4v) is 6.56. The number of nitrogens with two attached hydrogens (primary N) is 1.